The van der Waals surface area contributed by atoms with Crippen LogP contribution >= 0.6 is 0 Å². The molecule has 0 aliphatic carbocycles. The SMILES string of the molecule is O=C(CCN[SH](=O)=O)c1ccccc1. The molecule has 14 heavy (non-hydrogen) atoms. The van der Waals surface area contributed by atoms with E-state index in [0.29, 0.717) is 5.56 Å². The number of carbonyl (C=O) groups is 1. The van der Waals surface area contributed by atoms with Crippen LogP contribution in [0.5, 0.6) is 0 Å². The van der Waals surface area contributed by atoms with Crippen molar-refractivity contribution >= 4 is 16.7 Å². The second-order valence-electron chi connectivity index (χ2n) is 2.70. The molecule has 0 bridgehead atoms. The van der Waals surface area contributed by atoms with Crippen molar-refractivity contribution in [3.05, 3.63) is 35.9 Å². The summed E-state index contributed by atoms with van der Waals surface area (Å²) in [5.41, 5.74) is 0.607. The van der Waals surface area contributed by atoms with Crippen LogP contribution < -0.4 is 4.72 Å². The summed E-state index contributed by atoms with van der Waals surface area (Å²) in [4.78, 5) is 11.4. The molecule has 1 N–H and O–H groups in total. The van der Waals surface area contributed by atoms with Gasteiger partial charge in [-0.1, -0.05) is 30.3 Å². The minimum absolute atomic E-state index is 0.0602. The van der Waals surface area contributed by atoms with Gasteiger partial charge in [-0.3, -0.25) is 4.79 Å². The molecule has 4 nitrogen and oxygen atoms in total. The largest absolute Gasteiger partial charge is 0.294 e. The molecule has 0 aliphatic rings. The number of benzene rings is 1. The van der Waals surface area contributed by atoms with E-state index in [1.54, 1.807) is 24.3 Å². The number of hydrogen-bond acceptors (Lipinski definition) is 3. The van der Waals surface area contributed by atoms with Crippen molar-refractivity contribution < 1.29 is 13.2 Å². The first-order valence-electron chi connectivity index (χ1n) is 4.16. The maximum Gasteiger partial charge on any atom is 0.201 e. The van der Waals surface area contributed by atoms with Crippen molar-refractivity contribution in [2.75, 3.05) is 6.54 Å². The Bertz CT molecular complexity index is 365. The van der Waals surface area contributed by atoms with E-state index in [1.165, 1.54) is 0 Å². The lowest BCUT2D eigenvalue weighted by Crippen LogP contribution is -2.16. The first-order chi connectivity index (χ1) is 6.70. The molecule has 5 heteroatoms. The molecule has 0 heterocycles. The summed E-state index contributed by atoms with van der Waals surface area (Å²) in [6.45, 7) is 0.159. The fourth-order valence-corrected chi connectivity index (χ4v) is 1.32. The summed E-state index contributed by atoms with van der Waals surface area (Å²) in [5, 5.41) is 0. The second kappa shape index (κ2) is 5.51. The molecule has 0 aromatic heterocycles. The predicted octanol–water partition coefficient (Wildman–Crippen LogP) is 0.375. The number of thiol groups is 1. The third kappa shape index (κ3) is 3.68. The molecular weight excluding hydrogens is 202 g/mol. The smallest absolute Gasteiger partial charge is 0.201 e. The summed E-state index contributed by atoms with van der Waals surface area (Å²) in [6, 6.07) is 8.78. The van der Waals surface area contributed by atoms with E-state index < -0.39 is 10.9 Å². The quantitative estimate of drug-likeness (QED) is 0.549. The number of carbonyl (C=O) groups excluding carboxylic acids is 1. The number of Topliss-reactive ketones (excluding diaryl/α,β-unsaturated/α-hetero) is 1. The highest BCUT2D eigenvalue weighted by atomic mass is 32.2. The maximum atomic E-state index is 11.4. The van der Waals surface area contributed by atoms with Crippen molar-refractivity contribution in [2.45, 2.75) is 6.42 Å². The van der Waals surface area contributed by atoms with Crippen molar-refractivity contribution in [3.63, 3.8) is 0 Å². The normalized spacial score (nSPS) is 10.4. The van der Waals surface area contributed by atoms with Crippen LogP contribution in [0.4, 0.5) is 0 Å². The molecule has 0 radical (unpaired) electrons. The van der Waals surface area contributed by atoms with E-state index >= 15 is 0 Å². The zero-order chi connectivity index (χ0) is 10.4. The number of hydrogen-bond donors (Lipinski definition) is 2. The van der Waals surface area contributed by atoms with Crippen LogP contribution in [0.2, 0.25) is 0 Å². The Balaban J connectivity index is 2.44. The van der Waals surface area contributed by atoms with Gasteiger partial charge in [0.2, 0.25) is 10.9 Å². The summed E-state index contributed by atoms with van der Waals surface area (Å²) in [7, 11) is -2.60. The molecule has 1 aromatic carbocycles. The van der Waals surface area contributed by atoms with E-state index in [4.69, 9.17) is 0 Å². The lowest BCUT2D eigenvalue weighted by Gasteiger charge is -1.98. The van der Waals surface area contributed by atoms with Gasteiger partial charge in [0, 0.05) is 18.5 Å². The average Bonchev–Trinajstić information content (AvgIpc) is 2.18. The highest BCUT2D eigenvalue weighted by Crippen LogP contribution is 2.01. The molecule has 0 saturated heterocycles. The molecule has 0 atom stereocenters. The topological polar surface area (TPSA) is 63.2 Å². The van der Waals surface area contributed by atoms with Crippen LogP contribution in [-0.2, 0) is 10.9 Å². The lowest BCUT2D eigenvalue weighted by molar-refractivity contribution is 0.0984. The van der Waals surface area contributed by atoms with Gasteiger partial charge >= 0.3 is 0 Å². The summed E-state index contributed by atoms with van der Waals surface area (Å²) >= 11 is 0. The highest BCUT2D eigenvalue weighted by Gasteiger charge is 2.03. The Labute approximate surface area is 84.0 Å². The molecule has 76 valence electrons. The number of nitrogens with one attached hydrogen (secondary N) is 1. The predicted molar refractivity (Wildman–Crippen MR) is 53.7 cm³/mol. The van der Waals surface area contributed by atoms with Crippen LogP contribution in [0, 0.1) is 0 Å². The van der Waals surface area contributed by atoms with Gasteiger partial charge in [-0.05, 0) is 0 Å². The van der Waals surface area contributed by atoms with Crippen LogP contribution in [0.1, 0.15) is 16.8 Å². The van der Waals surface area contributed by atoms with E-state index in [-0.39, 0.29) is 18.7 Å². The zero-order valence-electron chi connectivity index (χ0n) is 7.47. The Morgan fingerprint density at radius 3 is 2.43 bits per heavy atom. The summed E-state index contributed by atoms with van der Waals surface area (Å²) in [5.74, 6) is -0.0602. The molecule has 0 unspecified atom stereocenters. The van der Waals surface area contributed by atoms with Gasteiger partial charge in [0.1, 0.15) is 0 Å². The first-order valence-corrected chi connectivity index (χ1v) is 5.34. The Morgan fingerprint density at radius 2 is 1.86 bits per heavy atom. The van der Waals surface area contributed by atoms with Gasteiger partial charge in [-0.15, -0.1) is 0 Å². The molecule has 0 fully saturated rings. The van der Waals surface area contributed by atoms with E-state index in [9.17, 15) is 13.2 Å². The third-order valence-electron chi connectivity index (χ3n) is 1.69. The first kappa shape index (κ1) is 10.9. The van der Waals surface area contributed by atoms with E-state index in [1.807, 2.05) is 6.07 Å². The minimum atomic E-state index is -2.60. The molecule has 1 rings (SSSR count). The second-order valence-corrected chi connectivity index (χ2v) is 3.53. The zero-order valence-corrected chi connectivity index (χ0v) is 8.37. The molecule has 0 aliphatic heterocycles. The van der Waals surface area contributed by atoms with Gasteiger partial charge in [-0.2, -0.15) is 0 Å². The van der Waals surface area contributed by atoms with Gasteiger partial charge < -0.3 is 0 Å². The van der Waals surface area contributed by atoms with Crippen molar-refractivity contribution in [1.29, 1.82) is 0 Å². The lowest BCUT2D eigenvalue weighted by atomic mass is 10.1. The Morgan fingerprint density at radius 1 is 1.21 bits per heavy atom. The standard InChI is InChI=1S/C9H11NO3S/c11-9(6-7-10-14(12)13)8-4-2-1-3-5-8/h1-5,14H,6-7H2,(H,10,12,13). The summed E-state index contributed by atoms with van der Waals surface area (Å²) < 4.78 is 22.4. The maximum absolute atomic E-state index is 11.4. The van der Waals surface area contributed by atoms with E-state index in [0.717, 1.165) is 0 Å². The molecule has 1 aromatic rings. The van der Waals surface area contributed by atoms with Gasteiger partial charge in [-0.25, -0.2) is 13.1 Å². The van der Waals surface area contributed by atoms with Gasteiger partial charge in [0.25, 0.3) is 0 Å². The van der Waals surface area contributed by atoms with Crippen LogP contribution in [0.25, 0.3) is 0 Å². The third-order valence-corrected chi connectivity index (χ3v) is 2.17. The van der Waals surface area contributed by atoms with Crippen molar-refractivity contribution in [2.24, 2.45) is 0 Å². The van der Waals surface area contributed by atoms with Crippen LogP contribution in [0.3, 0.4) is 0 Å². The molecular formula is C9H11NO3S. The van der Waals surface area contributed by atoms with Crippen LogP contribution in [-0.4, -0.2) is 20.7 Å². The molecule has 0 spiro atoms. The van der Waals surface area contributed by atoms with Gasteiger partial charge in [0.05, 0.1) is 0 Å². The fraction of sp³-hybridized carbons (Fsp3) is 0.222. The Kier molecular flexibility index (Phi) is 4.28. The summed E-state index contributed by atoms with van der Waals surface area (Å²) in [6.07, 6.45) is 0.188. The molecule has 0 amide bonds. The minimum Gasteiger partial charge on any atom is -0.294 e. The number of ketones is 1. The monoisotopic (exact) mass is 213 g/mol. The van der Waals surface area contributed by atoms with Crippen LogP contribution in [0.15, 0.2) is 30.3 Å². The Hall–Kier alpha value is -1.20. The van der Waals surface area contributed by atoms with E-state index in [2.05, 4.69) is 4.72 Å². The average molecular weight is 213 g/mol. The fourth-order valence-electron chi connectivity index (χ4n) is 1.03. The number of rotatable bonds is 5. The van der Waals surface area contributed by atoms with Crippen molar-refractivity contribution in [1.82, 2.24) is 4.72 Å². The molecule has 0 saturated carbocycles. The highest BCUT2D eigenvalue weighted by molar-refractivity contribution is 7.70. The van der Waals surface area contributed by atoms with Crippen molar-refractivity contribution in [3.8, 4) is 0 Å². The van der Waals surface area contributed by atoms with Gasteiger partial charge in [0.15, 0.2) is 5.78 Å².